The number of anilines is 1. The molecule has 1 fully saturated rings. The van der Waals surface area contributed by atoms with Crippen LogP contribution < -0.4 is 5.32 Å². The zero-order valence-electron chi connectivity index (χ0n) is 14.6. The third kappa shape index (κ3) is 5.39. The molecule has 8 nitrogen and oxygen atoms in total. The van der Waals surface area contributed by atoms with Crippen LogP contribution in [0.4, 0.5) is 5.82 Å². The number of nitrogens with one attached hydrogen (secondary N) is 1. The van der Waals surface area contributed by atoms with Gasteiger partial charge in [-0.15, -0.1) is 0 Å². The number of rotatable bonds is 6. The molecule has 0 spiro atoms. The van der Waals surface area contributed by atoms with Gasteiger partial charge < -0.3 is 10.1 Å². The summed E-state index contributed by atoms with van der Waals surface area (Å²) in [6.45, 7) is 3.63. The number of ether oxygens (including phenoxy) is 1. The third-order valence-corrected chi connectivity index (χ3v) is 6.29. The van der Waals surface area contributed by atoms with Crippen molar-refractivity contribution in [2.75, 3.05) is 24.2 Å². The Morgan fingerprint density at radius 1 is 1.38 bits per heavy atom. The second-order valence-corrected chi connectivity index (χ2v) is 8.70. The van der Waals surface area contributed by atoms with Crippen LogP contribution in [0.15, 0.2) is 18.3 Å². The molecule has 1 aromatic heterocycles. The van der Waals surface area contributed by atoms with E-state index < -0.39 is 33.9 Å². The molecule has 1 N–H and O–H groups in total. The number of carbonyl (C=O) groups excluding carboxylic acids is 2. The quantitative estimate of drug-likeness (QED) is 0.724. The van der Waals surface area contributed by atoms with Crippen LogP contribution in [0.1, 0.15) is 26.7 Å². The molecule has 1 atom stereocenters. The van der Waals surface area contributed by atoms with E-state index in [9.17, 15) is 18.0 Å². The second kappa shape index (κ2) is 8.79. The van der Waals surface area contributed by atoms with E-state index in [1.54, 1.807) is 19.1 Å². The maximum Gasteiger partial charge on any atom is 0.309 e. The van der Waals surface area contributed by atoms with Crippen molar-refractivity contribution >= 4 is 39.3 Å². The highest BCUT2D eigenvalue weighted by Crippen LogP contribution is 2.21. The highest BCUT2D eigenvalue weighted by molar-refractivity contribution is 7.89. The van der Waals surface area contributed by atoms with Gasteiger partial charge in [-0.2, -0.15) is 0 Å². The lowest BCUT2D eigenvalue weighted by Crippen LogP contribution is -2.42. The highest BCUT2D eigenvalue weighted by atomic mass is 35.5. The fourth-order valence-electron chi connectivity index (χ4n) is 2.55. The summed E-state index contributed by atoms with van der Waals surface area (Å²) in [5.41, 5.74) is 0. The first-order valence-electron chi connectivity index (χ1n) is 8.33. The summed E-state index contributed by atoms with van der Waals surface area (Å²) >= 11 is 5.73. The van der Waals surface area contributed by atoms with Crippen LogP contribution in [-0.2, 0) is 24.3 Å². The molecule has 0 bridgehead atoms. The van der Waals surface area contributed by atoms with Gasteiger partial charge in [-0.3, -0.25) is 9.59 Å². The Morgan fingerprint density at radius 3 is 2.58 bits per heavy atom. The molecule has 1 saturated heterocycles. The normalized spacial score (nSPS) is 17.5. The van der Waals surface area contributed by atoms with Gasteiger partial charge in [0.1, 0.15) is 5.82 Å². The number of halogens is 1. The summed E-state index contributed by atoms with van der Waals surface area (Å²) in [5.74, 6) is -1.06. The van der Waals surface area contributed by atoms with Crippen molar-refractivity contribution in [3.05, 3.63) is 23.4 Å². The molecule has 1 aromatic rings. The van der Waals surface area contributed by atoms with Gasteiger partial charge in [-0.25, -0.2) is 17.7 Å². The van der Waals surface area contributed by atoms with Crippen LogP contribution in [0, 0.1) is 5.92 Å². The van der Waals surface area contributed by atoms with Gasteiger partial charge in [-0.05, 0) is 38.8 Å². The number of pyridine rings is 1. The predicted molar refractivity (Wildman–Crippen MR) is 97.2 cm³/mol. The van der Waals surface area contributed by atoms with Crippen LogP contribution in [-0.4, -0.2) is 54.5 Å². The molecule has 26 heavy (non-hydrogen) atoms. The maximum absolute atomic E-state index is 12.2. The molecule has 2 rings (SSSR count). The fourth-order valence-corrected chi connectivity index (χ4v) is 3.80. The minimum Gasteiger partial charge on any atom is -0.452 e. The summed E-state index contributed by atoms with van der Waals surface area (Å²) < 4.78 is 30.3. The lowest BCUT2D eigenvalue weighted by molar-refractivity contribution is -0.158. The summed E-state index contributed by atoms with van der Waals surface area (Å²) in [6, 6.07) is 3.12. The van der Waals surface area contributed by atoms with E-state index in [0.29, 0.717) is 23.7 Å². The molecule has 1 aliphatic rings. The molecule has 144 valence electrons. The Hall–Kier alpha value is -1.71. The van der Waals surface area contributed by atoms with Gasteiger partial charge >= 0.3 is 5.97 Å². The highest BCUT2D eigenvalue weighted by Gasteiger charge is 2.32. The van der Waals surface area contributed by atoms with Crippen molar-refractivity contribution in [2.24, 2.45) is 5.92 Å². The number of hydrogen-bond donors (Lipinski definition) is 1. The molecular formula is C16H22ClN3O5S. The average molecular weight is 404 g/mol. The molecule has 0 aromatic carbocycles. The first-order valence-corrected chi connectivity index (χ1v) is 10.3. The van der Waals surface area contributed by atoms with Crippen LogP contribution in [0.5, 0.6) is 0 Å². The van der Waals surface area contributed by atoms with E-state index >= 15 is 0 Å². The molecule has 2 heterocycles. The first kappa shape index (κ1) is 20.6. The number of sulfonamides is 1. The van der Waals surface area contributed by atoms with Crippen molar-refractivity contribution in [3.63, 3.8) is 0 Å². The molecule has 10 heteroatoms. The number of piperidine rings is 1. The van der Waals surface area contributed by atoms with Gasteiger partial charge in [0.25, 0.3) is 5.91 Å². The van der Waals surface area contributed by atoms with E-state index in [-0.39, 0.29) is 18.8 Å². The molecule has 1 amide bonds. The zero-order chi connectivity index (χ0) is 19.3. The smallest absolute Gasteiger partial charge is 0.309 e. The number of aromatic nitrogens is 1. The standard InChI is InChI=1S/C16H22ClN3O5S/c1-3-26(23,24)20-8-6-12(7-9-20)16(22)25-11(2)15(21)19-14-5-4-13(17)10-18-14/h4-5,10-12H,3,6-9H2,1-2H3,(H,18,19,21). The number of carbonyl (C=O) groups is 2. The molecule has 0 saturated carbocycles. The van der Waals surface area contributed by atoms with Crippen LogP contribution >= 0.6 is 11.6 Å². The lowest BCUT2D eigenvalue weighted by Gasteiger charge is -2.30. The Bertz CT molecular complexity index is 746. The van der Waals surface area contributed by atoms with Crippen LogP contribution in [0.25, 0.3) is 0 Å². The molecule has 1 unspecified atom stereocenters. The van der Waals surface area contributed by atoms with Gasteiger partial charge in [-0.1, -0.05) is 11.6 Å². The van der Waals surface area contributed by atoms with E-state index in [1.165, 1.54) is 17.4 Å². The zero-order valence-corrected chi connectivity index (χ0v) is 16.2. The summed E-state index contributed by atoms with van der Waals surface area (Å²) in [6.07, 6.45) is 1.17. The molecule has 0 radical (unpaired) electrons. The summed E-state index contributed by atoms with van der Waals surface area (Å²) in [4.78, 5) is 28.3. The van der Waals surface area contributed by atoms with Crippen molar-refractivity contribution in [3.8, 4) is 0 Å². The Morgan fingerprint density at radius 2 is 2.04 bits per heavy atom. The lowest BCUT2D eigenvalue weighted by atomic mass is 9.98. The van der Waals surface area contributed by atoms with E-state index in [1.807, 2.05) is 0 Å². The van der Waals surface area contributed by atoms with E-state index in [4.69, 9.17) is 16.3 Å². The Labute approximate surface area is 157 Å². The minimum atomic E-state index is -3.24. The molecule has 0 aliphatic carbocycles. The number of esters is 1. The van der Waals surface area contributed by atoms with E-state index in [0.717, 1.165) is 0 Å². The van der Waals surface area contributed by atoms with Crippen molar-refractivity contribution in [1.29, 1.82) is 0 Å². The second-order valence-electron chi connectivity index (χ2n) is 6.00. The topological polar surface area (TPSA) is 106 Å². The summed E-state index contributed by atoms with van der Waals surface area (Å²) in [5, 5.41) is 2.98. The van der Waals surface area contributed by atoms with E-state index in [2.05, 4.69) is 10.3 Å². The van der Waals surface area contributed by atoms with Gasteiger partial charge in [0.2, 0.25) is 10.0 Å². The first-order chi connectivity index (χ1) is 12.2. The van der Waals surface area contributed by atoms with Gasteiger partial charge in [0.15, 0.2) is 6.10 Å². The van der Waals surface area contributed by atoms with Crippen molar-refractivity contribution in [2.45, 2.75) is 32.8 Å². The molecule has 1 aliphatic heterocycles. The predicted octanol–water partition coefficient (Wildman–Crippen LogP) is 1.67. The Balaban J connectivity index is 1.83. The average Bonchev–Trinajstić information content (AvgIpc) is 2.63. The van der Waals surface area contributed by atoms with Crippen molar-refractivity contribution < 1.29 is 22.7 Å². The largest absolute Gasteiger partial charge is 0.452 e. The minimum absolute atomic E-state index is 0.0397. The number of amides is 1. The van der Waals surface area contributed by atoms with Crippen LogP contribution in [0.2, 0.25) is 5.02 Å². The monoisotopic (exact) mass is 403 g/mol. The maximum atomic E-state index is 12.2. The number of nitrogens with zero attached hydrogens (tertiary/aromatic N) is 2. The van der Waals surface area contributed by atoms with Crippen molar-refractivity contribution in [1.82, 2.24) is 9.29 Å². The van der Waals surface area contributed by atoms with Crippen LogP contribution in [0.3, 0.4) is 0 Å². The Kier molecular flexibility index (Phi) is 6.96. The molecular weight excluding hydrogens is 382 g/mol. The fraction of sp³-hybridized carbons (Fsp3) is 0.562. The summed E-state index contributed by atoms with van der Waals surface area (Å²) in [7, 11) is -3.24. The third-order valence-electron chi connectivity index (χ3n) is 4.19. The van der Waals surface area contributed by atoms with Gasteiger partial charge in [0.05, 0.1) is 16.7 Å². The van der Waals surface area contributed by atoms with Gasteiger partial charge in [0, 0.05) is 19.3 Å². The SMILES string of the molecule is CCS(=O)(=O)N1CCC(C(=O)OC(C)C(=O)Nc2ccc(Cl)cn2)CC1. The number of hydrogen-bond acceptors (Lipinski definition) is 6.